The molecule has 0 aliphatic rings. The molecule has 1 amide bonds. The molecule has 2 rings (SSSR count). The summed E-state index contributed by atoms with van der Waals surface area (Å²) in [6.07, 6.45) is 0.786. The van der Waals surface area contributed by atoms with Gasteiger partial charge in [-0.15, -0.1) is 11.3 Å². The van der Waals surface area contributed by atoms with E-state index in [9.17, 15) is 13.2 Å². The Morgan fingerprint density at radius 2 is 2.08 bits per heavy atom. The zero-order valence-corrected chi connectivity index (χ0v) is 15.2. The van der Waals surface area contributed by atoms with Crippen LogP contribution in [0.5, 0.6) is 5.75 Å². The zero-order valence-electron chi connectivity index (χ0n) is 13.5. The normalized spacial score (nSPS) is 11.2. The first-order valence-corrected chi connectivity index (χ1v) is 9.82. The molecule has 24 heavy (non-hydrogen) atoms. The summed E-state index contributed by atoms with van der Waals surface area (Å²) < 4.78 is 32.6. The van der Waals surface area contributed by atoms with Gasteiger partial charge in [-0.2, -0.15) is 0 Å². The average molecular weight is 368 g/mol. The second kappa shape index (κ2) is 8.27. The van der Waals surface area contributed by atoms with E-state index in [-0.39, 0.29) is 22.9 Å². The van der Waals surface area contributed by atoms with Gasteiger partial charge in [0.05, 0.1) is 17.6 Å². The van der Waals surface area contributed by atoms with Crippen molar-refractivity contribution in [1.29, 1.82) is 0 Å². The van der Waals surface area contributed by atoms with Crippen LogP contribution in [0, 0.1) is 0 Å². The number of rotatable bonds is 8. The average Bonchev–Trinajstić information content (AvgIpc) is 3.11. The van der Waals surface area contributed by atoms with Crippen molar-refractivity contribution in [3.63, 3.8) is 0 Å². The highest BCUT2D eigenvalue weighted by molar-refractivity contribution is 7.89. The van der Waals surface area contributed by atoms with Crippen LogP contribution in [0.4, 0.5) is 0 Å². The molecule has 0 unspecified atom stereocenters. The molecule has 1 aromatic heterocycles. The van der Waals surface area contributed by atoms with Crippen molar-refractivity contribution in [2.45, 2.75) is 24.8 Å². The van der Waals surface area contributed by atoms with Crippen LogP contribution >= 0.6 is 11.3 Å². The lowest BCUT2D eigenvalue weighted by atomic mass is 10.2. The highest BCUT2D eigenvalue weighted by Crippen LogP contribution is 2.23. The molecule has 0 saturated carbocycles. The molecule has 2 N–H and O–H groups in total. The SMILES string of the molecule is CCCNC(=O)c1cc(S(=O)(=O)NCc2cccs2)ccc1OC. The second-order valence-electron chi connectivity index (χ2n) is 5.02. The second-order valence-corrected chi connectivity index (χ2v) is 7.82. The molecule has 0 fully saturated rings. The summed E-state index contributed by atoms with van der Waals surface area (Å²) in [6, 6.07) is 7.95. The number of carbonyl (C=O) groups is 1. The highest BCUT2D eigenvalue weighted by Gasteiger charge is 2.19. The molecule has 0 atom stereocenters. The summed E-state index contributed by atoms with van der Waals surface area (Å²) in [7, 11) is -2.28. The van der Waals surface area contributed by atoms with Gasteiger partial charge >= 0.3 is 0 Å². The first-order chi connectivity index (χ1) is 11.5. The first-order valence-electron chi connectivity index (χ1n) is 7.46. The third-order valence-corrected chi connectivity index (χ3v) is 5.55. The molecule has 0 bridgehead atoms. The van der Waals surface area contributed by atoms with Crippen LogP contribution in [0.3, 0.4) is 0 Å². The quantitative estimate of drug-likeness (QED) is 0.749. The van der Waals surface area contributed by atoms with Gasteiger partial charge in [0, 0.05) is 18.0 Å². The van der Waals surface area contributed by atoms with Gasteiger partial charge in [-0.05, 0) is 36.1 Å². The summed E-state index contributed by atoms with van der Waals surface area (Å²) in [5, 5.41) is 4.61. The van der Waals surface area contributed by atoms with Gasteiger partial charge in [0.15, 0.2) is 0 Å². The van der Waals surface area contributed by atoms with Crippen LogP contribution < -0.4 is 14.8 Å². The van der Waals surface area contributed by atoms with E-state index < -0.39 is 10.0 Å². The number of benzene rings is 1. The molecule has 0 radical (unpaired) electrons. The van der Waals surface area contributed by atoms with Crippen LogP contribution in [0.2, 0.25) is 0 Å². The fourth-order valence-corrected chi connectivity index (χ4v) is 3.80. The van der Waals surface area contributed by atoms with Gasteiger partial charge in [0.25, 0.3) is 5.91 Å². The number of carbonyl (C=O) groups excluding carboxylic acids is 1. The zero-order chi connectivity index (χ0) is 17.6. The molecule has 8 heteroatoms. The van der Waals surface area contributed by atoms with Crippen molar-refractivity contribution >= 4 is 27.3 Å². The van der Waals surface area contributed by atoms with Crippen LogP contribution in [0.25, 0.3) is 0 Å². The van der Waals surface area contributed by atoms with E-state index in [1.54, 1.807) is 0 Å². The van der Waals surface area contributed by atoms with E-state index in [1.807, 2.05) is 24.4 Å². The molecule has 0 saturated heterocycles. The van der Waals surface area contributed by atoms with E-state index in [0.717, 1.165) is 11.3 Å². The molecule has 0 aliphatic carbocycles. The van der Waals surface area contributed by atoms with Gasteiger partial charge in [0.1, 0.15) is 5.75 Å². The van der Waals surface area contributed by atoms with Crippen molar-refractivity contribution in [2.75, 3.05) is 13.7 Å². The maximum atomic E-state index is 12.4. The standard InChI is InChI=1S/C16H20N2O4S2/c1-3-8-17-16(19)14-10-13(6-7-15(14)22-2)24(20,21)18-11-12-5-4-9-23-12/h4-7,9-10,18H,3,8,11H2,1-2H3,(H,17,19). The molecule has 6 nitrogen and oxygen atoms in total. The maximum Gasteiger partial charge on any atom is 0.255 e. The Morgan fingerprint density at radius 1 is 1.29 bits per heavy atom. The van der Waals surface area contributed by atoms with E-state index in [1.165, 1.54) is 36.6 Å². The van der Waals surface area contributed by atoms with Gasteiger partial charge in [-0.3, -0.25) is 4.79 Å². The molecule has 1 aromatic carbocycles. The summed E-state index contributed by atoms with van der Waals surface area (Å²) in [6.45, 7) is 2.66. The number of nitrogens with one attached hydrogen (secondary N) is 2. The van der Waals surface area contributed by atoms with Gasteiger partial charge in [-0.25, -0.2) is 13.1 Å². The summed E-state index contributed by atoms with van der Waals surface area (Å²) >= 11 is 1.47. The lowest BCUT2D eigenvalue weighted by Crippen LogP contribution is -2.26. The monoisotopic (exact) mass is 368 g/mol. The highest BCUT2D eigenvalue weighted by atomic mass is 32.2. The predicted octanol–water partition coefficient (Wildman–Crippen LogP) is 2.38. The van der Waals surface area contributed by atoms with Crippen molar-refractivity contribution in [3.8, 4) is 5.75 Å². The fourth-order valence-electron chi connectivity index (χ4n) is 2.03. The van der Waals surface area contributed by atoms with E-state index in [0.29, 0.717) is 12.3 Å². The molecule has 1 heterocycles. The number of amides is 1. The van der Waals surface area contributed by atoms with E-state index in [2.05, 4.69) is 10.0 Å². The number of hydrogen-bond acceptors (Lipinski definition) is 5. The molecule has 0 aliphatic heterocycles. The van der Waals surface area contributed by atoms with Crippen LogP contribution in [-0.4, -0.2) is 28.0 Å². The Kier molecular flexibility index (Phi) is 6.36. The molecule has 130 valence electrons. The predicted molar refractivity (Wildman–Crippen MR) is 94.0 cm³/mol. The number of thiophene rings is 1. The maximum absolute atomic E-state index is 12.4. The smallest absolute Gasteiger partial charge is 0.255 e. The Morgan fingerprint density at radius 3 is 2.71 bits per heavy atom. The largest absolute Gasteiger partial charge is 0.496 e. The third kappa shape index (κ3) is 4.56. The topological polar surface area (TPSA) is 84.5 Å². The van der Waals surface area contributed by atoms with Crippen molar-refractivity contribution in [1.82, 2.24) is 10.0 Å². The van der Waals surface area contributed by atoms with Crippen molar-refractivity contribution in [2.24, 2.45) is 0 Å². The van der Waals surface area contributed by atoms with Gasteiger partial charge in [-0.1, -0.05) is 13.0 Å². The lowest BCUT2D eigenvalue weighted by molar-refractivity contribution is 0.0950. The number of sulfonamides is 1. The van der Waals surface area contributed by atoms with Crippen molar-refractivity contribution < 1.29 is 17.9 Å². The van der Waals surface area contributed by atoms with Gasteiger partial charge < -0.3 is 10.1 Å². The molecular formula is C16H20N2O4S2. The van der Waals surface area contributed by atoms with Crippen molar-refractivity contribution in [3.05, 3.63) is 46.2 Å². The molecular weight excluding hydrogens is 348 g/mol. The number of ether oxygens (including phenoxy) is 1. The minimum Gasteiger partial charge on any atom is -0.496 e. The van der Waals surface area contributed by atoms with E-state index >= 15 is 0 Å². The fraction of sp³-hybridized carbons (Fsp3) is 0.312. The molecule has 2 aromatic rings. The van der Waals surface area contributed by atoms with Crippen LogP contribution in [0.1, 0.15) is 28.6 Å². The minimum absolute atomic E-state index is 0.0292. The molecule has 0 spiro atoms. The summed E-state index contributed by atoms with van der Waals surface area (Å²) in [4.78, 5) is 13.1. The summed E-state index contributed by atoms with van der Waals surface area (Å²) in [5.74, 6) is -0.0233. The number of hydrogen-bond donors (Lipinski definition) is 2. The third-order valence-electron chi connectivity index (χ3n) is 3.28. The van der Waals surface area contributed by atoms with Crippen LogP contribution in [0.15, 0.2) is 40.6 Å². The first kappa shape index (κ1) is 18.4. The Hall–Kier alpha value is -1.90. The minimum atomic E-state index is -3.72. The summed E-state index contributed by atoms with van der Waals surface area (Å²) in [5.41, 5.74) is 0.199. The Balaban J connectivity index is 2.24. The number of methoxy groups -OCH3 is 1. The lowest BCUT2D eigenvalue weighted by Gasteiger charge is -2.12. The van der Waals surface area contributed by atoms with Crippen LogP contribution in [-0.2, 0) is 16.6 Å². The van der Waals surface area contributed by atoms with Gasteiger partial charge in [0.2, 0.25) is 10.0 Å². The Bertz CT molecular complexity index is 786. The Labute approximate surface area is 145 Å². The van der Waals surface area contributed by atoms with E-state index in [4.69, 9.17) is 4.74 Å².